The van der Waals surface area contributed by atoms with Crippen molar-refractivity contribution in [3.63, 3.8) is 0 Å². The third-order valence-electron chi connectivity index (χ3n) is 4.31. The van der Waals surface area contributed by atoms with E-state index in [9.17, 15) is 9.59 Å². The number of carbonyl (C=O) groups excluding carboxylic acids is 2. The summed E-state index contributed by atoms with van der Waals surface area (Å²) in [6, 6.07) is 7.47. The summed E-state index contributed by atoms with van der Waals surface area (Å²) >= 11 is 1.26. The van der Waals surface area contributed by atoms with E-state index in [4.69, 9.17) is 9.47 Å². The smallest absolute Gasteiger partial charge is 0.240 e. The first-order chi connectivity index (χ1) is 14.1. The number of nitrogens with one attached hydrogen (secondary N) is 1. The lowest BCUT2D eigenvalue weighted by Crippen LogP contribution is -2.46. The zero-order chi connectivity index (χ0) is 21.9. The van der Waals surface area contributed by atoms with E-state index in [1.54, 1.807) is 11.6 Å². The number of hydrogen-bond donors (Lipinski definition) is 1. The molecule has 1 aliphatic rings. The van der Waals surface area contributed by atoms with E-state index in [0.29, 0.717) is 29.1 Å². The Morgan fingerprint density at radius 1 is 1.27 bits per heavy atom. The number of para-hydroxylation sites is 2. The molecule has 1 N–H and O–H groups in total. The summed E-state index contributed by atoms with van der Waals surface area (Å²) in [5.41, 5.74) is -0.337. The van der Waals surface area contributed by atoms with Crippen LogP contribution in [-0.4, -0.2) is 63.0 Å². The minimum Gasteiger partial charge on any atom is -0.485 e. The average Bonchev–Trinajstić information content (AvgIpc) is 3.04. The fourth-order valence-electron chi connectivity index (χ4n) is 2.88. The highest BCUT2D eigenvalue weighted by atomic mass is 32.2. The van der Waals surface area contributed by atoms with Gasteiger partial charge in [0.15, 0.2) is 28.6 Å². The van der Waals surface area contributed by atoms with Crippen molar-refractivity contribution < 1.29 is 19.1 Å². The molecule has 0 radical (unpaired) electrons. The quantitative estimate of drug-likeness (QED) is 0.694. The number of benzene rings is 1. The van der Waals surface area contributed by atoms with Gasteiger partial charge in [0.25, 0.3) is 0 Å². The largest absolute Gasteiger partial charge is 0.485 e. The Balaban J connectivity index is 1.55. The number of aromatic nitrogens is 3. The molecule has 0 spiro atoms. The van der Waals surface area contributed by atoms with Crippen LogP contribution in [-0.2, 0) is 16.6 Å². The number of amides is 2. The van der Waals surface area contributed by atoms with E-state index in [1.807, 2.05) is 52.1 Å². The maximum atomic E-state index is 12.4. The average molecular weight is 434 g/mol. The molecule has 1 unspecified atom stereocenters. The molecule has 1 aromatic carbocycles. The molecule has 3 rings (SSSR count). The highest BCUT2D eigenvalue weighted by molar-refractivity contribution is 7.99. The minimum absolute atomic E-state index is 0.00733. The predicted octanol–water partition coefficient (Wildman–Crippen LogP) is 1.79. The van der Waals surface area contributed by atoms with E-state index >= 15 is 0 Å². The van der Waals surface area contributed by atoms with E-state index in [0.717, 1.165) is 0 Å². The van der Waals surface area contributed by atoms with E-state index < -0.39 is 0 Å². The summed E-state index contributed by atoms with van der Waals surface area (Å²) in [6.07, 6.45) is -0.383. The lowest BCUT2D eigenvalue weighted by Gasteiger charge is -2.25. The molecule has 2 amide bonds. The number of carbonyl (C=O) groups is 2. The number of rotatable bonds is 6. The van der Waals surface area contributed by atoms with Gasteiger partial charge in [-0.25, -0.2) is 0 Å². The molecule has 0 bridgehead atoms. The second kappa shape index (κ2) is 8.95. The lowest BCUT2D eigenvalue weighted by atomic mass is 10.1. The van der Waals surface area contributed by atoms with Crippen LogP contribution in [0.5, 0.6) is 11.5 Å². The predicted molar refractivity (Wildman–Crippen MR) is 113 cm³/mol. The molecule has 30 heavy (non-hydrogen) atoms. The number of hydrogen-bond acceptors (Lipinski definition) is 7. The van der Waals surface area contributed by atoms with Crippen molar-refractivity contribution >= 4 is 23.6 Å². The molecule has 0 saturated heterocycles. The van der Waals surface area contributed by atoms with Crippen molar-refractivity contribution in [1.82, 2.24) is 25.0 Å². The second-order valence-corrected chi connectivity index (χ2v) is 9.04. The number of thioether (sulfide) groups is 1. The molecule has 2 heterocycles. The van der Waals surface area contributed by atoms with E-state index in [-0.39, 0.29) is 35.8 Å². The molecule has 1 atom stereocenters. The monoisotopic (exact) mass is 433 g/mol. The maximum Gasteiger partial charge on any atom is 0.240 e. The van der Waals surface area contributed by atoms with Crippen molar-refractivity contribution in [3.05, 3.63) is 30.1 Å². The Bertz CT molecular complexity index is 924. The number of ether oxygens (including phenoxy) is 2. The lowest BCUT2D eigenvalue weighted by molar-refractivity contribution is -0.133. The van der Waals surface area contributed by atoms with Gasteiger partial charge in [-0.15, -0.1) is 10.2 Å². The zero-order valence-corrected chi connectivity index (χ0v) is 18.7. The zero-order valence-electron chi connectivity index (χ0n) is 17.8. The maximum absolute atomic E-state index is 12.4. The Morgan fingerprint density at radius 3 is 2.67 bits per heavy atom. The molecule has 9 nitrogen and oxygen atoms in total. The topological polar surface area (TPSA) is 98.6 Å². The van der Waals surface area contributed by atoms with Crippen LogP contribution in [0.2, 0.25) is 0 Å². The van der Waals surface area contributed by atoms with Gasteiger partial charge in [0.05, 0.1) is 12.3 Å². The molecule has 0 fully saturated rings. The van der Waals surface area contributed by atoms with Gasteiger partial charge < -0.3 is 24.3 Å². The Morgan fingerprint density at radius 2 is 1.97 bits per heavy atom. The van der Waals surface area contributed by atoms with Crippen LogP contribution in [0.3, 0.4) is 0 Å². The number of likely N-dealkylation sites (N-methyl/N-ethyl adjacent to an activating group) is 1. The SMILES string of the molecule is CN(CC(=O)NC(C)(C)C)C(=O)CSc1nnc(C2COc3ccccc3O2)n1C. The van der Waals surface area contributed by atoms with Gasteiger partial charge in [0.1, 0.15) is 6.61 Å². The standard InChI is InChI=1S/C20H27N5O4S/c1-20(2,3)21-16(26)10-24(4)17(27)12-30-19-23-22-18(25(19)5)15-11-28-13-8-6-7-9-14(13)29-15/h6-9,15H,10-12H2,1-5H3,(H,21,26). The molecular formula is C20H27N5O4S. The van der Waals surface area contributed by atoms with Crippen molar-refractivity contribution in [2.24, 2.45) is 7.05 Å². The summed E-state index contributed by atoms with van der Waals surface area (Å²) in [5, 5.41) is 11.8. The Kier molecular flexibility index (Phi) is 6.55. The van der Waals surface area contributed by atoms with Crippen LogP contribution in [0.25, 0.3) is 0 Å². The first-order valence-corrected chi connectivity index (χ1v) is 10.6. The van der Waals surface area contributed by atoms with Crippen LogP contribution in [0.1, 0.15) is 32.7 Å². The molecule has 1 aromatic heterocycles. The number of fused-ring (bicyclic) bond motifs is 1. The van der Waals surface area contributed by atoms with Gasteiger partial charge in [-0.05, 0) is 32.9 Å². The van der Waals surface area contributed by atoms with Gasteiger partial charge in [-0.3, -0.25) is 9.59 Å². The molecule has 10 heteroatoms. The highest BCUT2D eigenvalue weighted by Crippen LogP contribution is 2.35. The number of nitrogens with zero attached hydrogens (tertiary/aromatic N) is 4. The summed E-state index contributed by atoms with van der Waals surface area (Å²) in [6.45, 7) is 6.03. The fourth-order valence-corrected chi connectivity index (χ4v) is 3.74. The van der Waals surface area contributed by atoms with Gasteiger partial charge in [-0.2, -0.15) is 0 Å². The molecule has 2 aromatic rings. The van der Waals surface area contributed by atoms with E-state index in [2.05, 4.69) is 15.5 Å². The fraction of sp³-hybridized carbons (Fsp3) is 0.500. The van der Waals surface area contributed by atoms with Gasteiger partial charge in [-0.1, -0.05) is 23.9 Å². The van der Waals surface area contributed by atoms with Gasteiger partial charge >= 0.3 is 0 Å². The molecule has 0 saturated carbocycles. The van der Waals surface area contributed by atoms with Crippen LogP contribution in [0, 0.1) is 0 Å². The molecular weight excluding hydrogens is 406 g/mol. The first kappa shape index (κ1) is 21.9. The summed E-state index contributed by atoms with van der Waals surface area (Å²) in [7, 11) is 3.43. The summed E-state index contributed by atoms with van der Waals surface area (Å²) in [4.78, 5) is 25.8. The highest BCUT2D eigenvalue weighted by Gasteiger charge is 2.27. The van der Waals surface area contributed by atoms with Crippen LogP contribution >= 0.6 is 11.8 Å². The first-order valence-electron chi connectivity index (χ1n) is 9.59. The Hall–Kier alpha value is -2.75. The third kappa shape index (κ3) is 5.44. The van der Waals surface area contributed by atoms with Crippen molar-refractivity contribution in [2.45, 2.75) is 37.6 Å². The van der Waals surface area contributed by atoms with Gasteiger partial charge in [0, 0.05) is 19.6 Å². The van der Waals surface area contributed by atoms with Crippen LogP contribution < -0.4 is 14.8 Å². The van der Waals surface area contributed by atoms with Crippen molar-refractivity contribution in [3.8, 4) is 11.5 Å². The van der Waals surface area contributed by atoms with E-state index in [1.165, 1.54) is 16.7 Å². The Labute approximate surface area is 180 Å². The third-order valence-corrected chi connectivity index (χ3v) is 5.32. The second-order valence-electron chi connectivity index (χ2n) is 8.10. The summed E-state index contributed by atoms with van der Waals surface area (Å²) < 4.78 is 13.5. The molecule has 162 valence electrons. The molecule has 1 aliphatic heterocycles. The minimum atomic E-state index is -0.383. The van der Waals surface area contributed by atoms with Crippen molar-refractivity contribution in [1.29, 1.82) is 0 Å². The molecule has 0 aliphatic carbocycles. The van der Waals surface area contributed by atoms with Crippen LogP contribution in [0.15, 0.2) is 29.4 Å². The summed E-state index contributed by atoms with van der Waals surface area (Å²) in [5.74, 6) is 1.78. The van der Waals surface area contributed by atoms with Crippen LogP contribution in [0.4, 0.5) is 0 Å². The normalized spacial score (nSPS) is 15.6. The van der Waals surface area contributed by atoms with Gasteiger partial charge in [0.2, 0.25) is 11.8 Å². The van der Waals surface area contributed by atoms with Crippen molar-refractivity contribution in [2.75, 3.05) is 26.0 Å².